The van der Waals surface area contributed by atoms with E-state index in [0.29, 0.717) is 22.8 Å². The Hall–Kier alpha value is -3.62. The van der Waals surface area contributed by atoms with Crippen molar-refractivity contribution in [3.63, 3.8) is 0 Å². The molecule has 2 heterocycles. The molecule has 0 saturated heterocycles. The molecule has 8 heteroatoms. The number of amides is 2. The van der Waals surface area contributed by atoms with Crippen molar-refractivity contribution < 1.29 is 9.59 Å². The summed E-state index contributed by atoms with van der Waals surface area (Å²) in [7, 11) is 2.98. The molecule has 0 bridgehead atoms. The van der Waals surface area contributed by atoms with Crippen LogP contribution in [-0.2, 0) is 0 Å². The maximum absolute atomic E-state index is 12.5. The molecule has 4 rings (SSSR count). The number of benzene rings is 2. The first-order valence-corrected chi connectivity index (χ1v) is 11.8. The predicted octanol–water partition coefficient (Wildman–Crippen LogP) is 5.78. The van der Waals surface area contributed by atoms with Gasteiger partial charge in [-0.1, -0.05) is 58.0 Å². The monoisotopic (exact) mass is 458 g/mol. The van der Waals surface area contributed by atoms with Crippen LogP contribution in [0.3, 0.4) is 0 Å². The Labute approximate surface area is 193 Å². The molecule has 0 aliphatic carbocycles. The van der Waals surface area contributed by atoms with Gasteiger partial charge in [0.25, 0.3) is 11.8 Å². The van der Waals surface area contributed by atoms with Crippen LogP contribution < -0.4 is 10.6 Å². The van der Waals surface area contributed by atoms with E-state index in [-0.39, 0.29) is 11.8 Å². The van der Waals surface area contributed by atoms with E-state index in [1.807, 2.05) is 48.5 Å². The smallest absolute Gasteiger partial charge is 0.274 e. The molecule has 0 spiro atoms. The second kappa shape index (κ2) is 10.6. The van der Waals surface area contributed by atoms with E-state index in [2.05, 4.69) is 20.6 Å². The quantitative estimate of drug-likeness (QED) is 0.342. The van der Waals surface area contributed by atoms with Crippen molar-refractivity contribution in [3.05, 3.63) is 109 Å². The van der Waals surface area contributed by atoms with Crippen molar-refractivity contribution in [3.8, 4) is 0 Å². The van der Waals surface area contributed by atoms with E-state index in [9.17, 15) is 9.59 Å². The zero-order valence-electron chi connectivity index (χ0n) is 16.8. The molecule has 2 aromatic carbocycles. The van der Waals surface area contributed by atoms with Crippen molar-refractivity contribution in [1.82, 2.24) is 9.97 Å². The molecule has 0 fully saturated rings. The maximum atomic E-state index is 12.5. The summed E-state index contributed by atoms with van der Waals surface area (Å²) in [6, 6.07) is 25.5. The molecule has 2 N–H and O–H groups in total. The minimum atomic E-state index is -0.272. The van der Waals surface area contributed by atoms with Gasteiger partial charge in [-0.25, -0.2) is 0 Å². The number of carbonyl (C=O) groups is 2. The van der Waals surface area contributed by atoms with Crippen LogP contribution in [0, 0.1) is 0 Å². The summed E-state index contributed by atoms with van der Waals surface area (Å²) in [6.07, 6.45) is 3.17. The van der Waals surface area contributed by atoms with E-state index in [1.165, 1.54) is 21.6 Å². The lowest BCUT2D eigenvalue weighted by Crippen LogP contribution is -2.14. The third-order valence-corrected chi connectivity index (χ3v) is 6.77. The second-order valence-electron chi connectivity index (χ2n) is 6.50. The SMILES string of the molecule is O=C(Nc1ccccc1SSc1ccccc1NC(=O)c1ccccn1)c1ccccn1. The van der Waals surface area contributed by atoms with E-state index in [1.54, 1.807) is 48.8 Å². The van der Waals surface area contributed by atoms with Crippen molar-refractivity contribution in [1.29, 1.82) is 0 Å². The predicted molar refractivity (Wildman–Crippen MR) is 129 cm³/mol. The first-order valence-electron chi connectivity index (χ1n) is 9.68. The van der Waals surface area contributed by atoms with Crippen LogP contribution in [0.5, 0.6) is 0 Å². The molecule has 0 unspecified atom stereocenters. The van der Waals surface area contributed by atoms with Gasteiger partial charge in [-0.15, -0.1) is 0 Å². The molecule has 0 atom stereocenters. The average molecular weight is 459 g/mol. The number of para-hydroxylation sites is 2. The summed E-state index contributed by atoms with van der Waals surface area (Å²) >= 11 is 0. The molecular weight excluding hydrogens is 440 g/mol. The molecule has 0 aliphatic rings. The minimum absolute atomic E-state index is 0.272. The Balaban J connectivity index is 1.47. The summed E-state index contributed by atoms with van der Waals surface area (Å²) < 4.78 is 0. The third kappa shape index (κ3) is 5.54. The zero-order valence-corrected chi connectivity index (χ0v) is 18.4. The van der Waals surface area contributed by atoms with E-state index < -0.39 is 0 Å². The second-order valence-corrected chi connectivity index (χ2v) is 8.71. The normalized spacial score (nSPS) is 10.4. The summed E-state index contributed by atoms with van der Waals surface area (Å²) in [5, 5.41) is 5.84. The number of nitrogens with one attached hydrogen (secondary N) is 2. The number of hydrogen-bond donors (Lipinski definition) is 2. The number of carbonyl (C=O) groups excluding carboxylic acids is 2. The summed E-state index contributed by atoms with van der Waals surface area (Å²) in [5.41, 5.74) is 2.08. The Morgan fingerprint density at radius 2 is 0.969 bits per heavy atom. The Bertz CT molecular complexity index is 1120. The highest BCUT2D eigenvalue weighted by molar-refractivity contribution is 8.76. The van der Waals surface area contributed by atoms with E-state index in [4.69, 9.17) is 0 Å². The lowest BCUT2D eigenvalue weighted by atomic mass is 10.3. The van der Waals surface area contributed by atoms with Crippen molar-refractivity contribution in [2.45, 2.75) is 9.79 Å². The first-order chi connectivity index (χ1) is 15.7. The van der Waals surface area contributed by atoms with Crippen molar-refractivity contribution >= 4 is 44.8 Å². The molecule has 0 aliphatic heterocycles. The largest absolute Gasteiger partial charge is 0.320 e. The van der Waals surface area contributed by atoms with Gasteiger partial charge < -0.3 is 10.6 Å². The fourth-order valence-electron chi connectivity index (χ4n) is 2.74. The zero-order chi connectivity index (χ0) is 22.2. The van der Waals surface area contributed by atoms with Gasteiger partial charge in [0.05, 0.1) is 11.4 Å². The Kier molecular flexibility index (Phi) is 7.16. The van der Waals surface area contributed by atoms with Crippen LogP contribution in [-0.4, -0.2) is 21.8 Å². The molecule has 0 radical (unpaired) electrons. The third-order valence-electron chi connectivity index (χ3n) is 4.29. The van der Waals surface area contributed by atoms with Crippen LogP contribution in [0.15, 0.2) is 107 Å². The fourth-order valence-corrected chi connectivity index (χ4v) is 5.02. The summed E-state index contributed by atoms with van der Waals surface area (Å²) in [5.74, 6) is -0.543. The maximum Gasteiger partial charge on any atom is 0.274 e. The van der Waals surface area contributed by atoms with Gasteiger partial charge >= 0.3 is 0 Å². The van der Waals surface area contributed by atoms with Crippen LogP contribution in [0.1, 0.15) is 21.0 Å². The average Bonchev–Trinajstić information content (AvgIpc) is 2.85. The van der Waals surface area contributed by atoms with Crippen LogP contribution in [0.2, 0.25) is 0 Å². The minimum Gasteiger partial charge on any atom is -0.320 e. The molecule has 4 aromatic rings. The molecule has 32 heavy (non-hydrogen) atoms. The highest BCUT2D eigenvalue weighted by Crippen LogP contribution is 2.43. The molecule has 2 aromatic heterocycles. The lowest BCUT2D eigenvalue weighted by Gasteiger charge is -2.12. The van der Waals surface area contributed by atoms with Gasteiger partial charge in [-0.05, 0) is 48.5 Å². The molecular formula is C24H18N4O2S2. The summed E-state index contributed by atoms with van der Waals surface area (Å²) in [4.78, 5) is 35.0. The number of hydrogen-bond acceptors (Lipinski definition) is 6. The Morgan fingerprint density at radius 3 is 1.38 bits per heavy atom. The van der Waals surface area contributed by atoms with Gasteiger partial charge in [0.2, 0.25) is 0 Å². The number of anilines is 2. The number of pyridine rings is 2. The summed E-state index contributed by atoms with van der Waals surface area (Å²) in [6.45, 7) is 0. The fraction of sp³-hybridized carbons (Fsp3) is 0. The molecule has 2 amide bonds. The number of nitrogens with zero attached hydrogens (tertiary/aromatic N) is 2. The van der Waals surface area contributed by atoms with Crippen LogP contribution >= 0.6 is 21.6 Å². The van der Waals surface area contributed by atoms with E-state index in [0.717, 1.165) is 9.79 Å². The number of rotatable bonds is 7. The highest BCUT2D eigenvalue weighted by Gasteiger charge is 2.13. The van der Waals surface area contributed by atoms with Crippen LogP contribution in [0.4, 0.5) is 11.4 Å². The van der Waals surface area contributed by atoms with Gasteiger partial charge in [-0.2, -0.15) is 0 Å². The Morgan fingerprint density at radius 1 is 0.562 bits per heavy atom. The lowest BCUT2D eigenvalue weighted by molar-refractivity contribution is 0.101. The number of aromatic nitrogens is 2. The van der Waals surface area contributed by atoms with Crippen molar-refractivity contribution in [2.75, 3.05) is 10.6 Å². The van der Waals surface area contributed by atoms with Gasteiger partial charge in [0.15, 0.2) is 0 Å². The van der Waals surface area contributed by atoms with E-state index >= 15 is 0 Å². The first kappa shape index (κ1) is 21.6. The standard InChI is InChI=1S/C24H18N4O2S2/c29-23(19-11-5-7-15-25-19)27-17-9-1-3-13-21(17)31-32-22-14-4-2-10-18(22)28-24(30)20-12-6-8-16-26-20/h1-16H,(H,27,29)(H,28,30). The van der Waals surface area contributed by atoms with Gasteiger partial charge in [0.1, 0.15) is 11.4 Å². The topological polar surface area (TPSA) is 84.0 Å². The van der Waals surface area contributed by atoms with Gasteiger partial charge in [-0.3, -0.25) is 19.6 Å². The highest BCUT2D eigenvalue weighted by atomic mass is 33.1. The van der Waals surface area contributed by atoms with Crippen LogP contribution in [0.25, 0.3) is 0 Å². The molecule has 158 valence electrons. The van der Waals surface area contributed by atoms with Crippen molar-refractivity contribution in [2.24, 2.45) is 0 Å². The molecule has 6 nitrogen and oxygen atoms in total. The molecule has 0 saturated carbocycles. The van der Waals surface area contributed by atoms with Gasteiger partial charge in [0, 0.05) is 22.2 Å².